The SMILES string of the molecule is CCOC(=O)/C=C(\[Te]c1ccc(OC)cc1)c1ccc(Cl)cc1. The fraction of sp³-hybridized carbons (Fsp3) is 0.167. The van der Waals surface area contributed by atoms with E-state index >= 15 is 0 Å². The minimum absolute atomic E-state index is 0.309. The molecule has 2 rings (SSSR count). The van der Waals surface area contributed by atoms with Gasteiger partial charge in [-0.1, -0.05) is 0 Å². The van der Waals surface area contributed by atoms with Crippen molar-refractivity contribution in [1.82, 2.24) is 0 Å². The molecule has 0 N–H and O–H groups in total. The van der Waals surface area contributed by atoms with Crippen molar-refractivity contribution in [3.8, 4) is 5.75 Å². The molecule has 2 aromatic rings. The third-order valence-electron chi connectivity index (χ3n) is 2.95. The Morgan fingerprint density at radius 2 is 1.78 bits per heavy atom. The molecule has 0 fully saturated rings. The zero-order valence-corrected chi connectivity index (χ0v) is 16.0. The van der Waals surface area contributed by atoms with Crippen LogP contribution in [0.5, 0.6) is 5.75 Å². The average Bonchev–Trinajstić information content (AvgIpc) is 2.56. The van der Waals surface area contributed by atoms with Crippen molar-refractivity contribution in [1.29, 1.82) is 0 Å². The second-order valence-corrected chi connectivity index (χ2v) is 8.16. The standard InChI is InChI=1S/C18H17ClO3Te/c1-3-22-18(20)12-17(13-4-6-14(19)7-5-13)23-16-10-8-15(21-2)9-11-16/h4-12H,3H2,1-2H3/b17-12-. The number of halogens is 1. The number of esters is 1. The van der Waals surface area contributed by atoms with Gasteiger partial charge in [0.05, 0.1) is 0 Å². The third-order valence-corrected chi connectivity index (χ3v) is 6.29. The predicted molar refractivity (Wildman–Crippen MR) is 94.4 cm³/mol. The number of hydrogen-bond donors (Lipinski definition) is 0. The molecule has 0 aliphatic heterocycles. The van der Waals surface area contributed by atoms with Gasteiger partial charge in [-0.3, -0.25) is 0 Å². The summed E-state index contributed by atoms with van der Waals surface area (Å²) in [4.78, 5) is 11.9. The third kappa shape index (κ3) is 5.58. The van der Waals surface area contributed by atoms with Gasteiger partial charge in [0.1, 0.15) is 0 Å². The molecule has 0 aliphatic carbocycles. The van der Waals surface area contributed by atoms with Gasteiger partial charge in [0, 0.05) is 0 Å². The van der Waals surface area contributed by atoms with Crippen molar-refractivity contribution >= 4 is 45.7 Å². The summed E-state index contributed by atoms with van der Waals surface area (Å²) in [5.41, 5.74) is 1.00. The molecule has 0 saturated heterocycles. The Kier molecular flexibility index (Phi) is 6.98. The number of rotatable bonds is 6. The molecule has 0 heterocycles. The first-order valence-corrected chi connectivity index (χ1v) is 9.79. The van der Waals surface area contributed by atoms with E-state index in [9.17, 15) is 4.79 Å². The molecule has 0 unspecified atom stereocenters. The van der Waals surface area contributed by atoms with Crippen LogP contribution in [0.25, 0.3) is 3.62 Å². The Morgan fingerprint density at radius 1 is 1.13 bits per heavy atom. The topological polar surface area (TPSA) is 35.5 Å². The van der Waals surface area contributed by atoms with E-state index in [1.165, 1.54) is 3.61 Å². The zero-order valence-electron chi connectivity index (χ0n) is 12.9. The molecule has 0 spiro atoms. The molecule has 3 nitrogen and oxygen atoms in total. The summed E-state index contributed by atoms with van der Waals surface area (Å²) in [6.45, 7) is 2.17. The van der Waals surface area contributed by atoms with Crippen molar-refractivity contribution in [2.45, 2.75) is 6.92 Å². The van der Waals surface area contributed by atoms with Gasteiger partial charge in [-0.15, -0.1) is 0 Å². The number of carbonyl (C=O) groups excluding carboxylic acids is 1. The predicted octanol–water partition coefficient (Wildman–Crippen LogP) is 3.28. The molecule has 2 aromatic carbocycles. The van der Waals surface area contributed by atoms with Crippen molar-refractivity contribution in [2.75, 3.05) is 13.7 Å². The van der Waals surface area contributed by atoms with Crippen LogP contribution in [0.4, 0.5) is 0 Å². The molecular weight excluding hydrogens is 427 g/mol. The van der Waals surface area contributed by atoms with Gasteiger partial charge >= 0.3 is 152 Å². The minimum atomic E-state index is -0.737. The molecule has 120 valence electrons. The van der Waals surface area contributed by atoms with Gasteiger partial charge in [0.2, 0.25) is 0 Å². The molecule has 5 heteroatoms. The first-order chi connectivity index (χ1) is 11.1. The monoisotopic (exact) mass is 446 g/mol. The maximum absolute atomic E-state index is 11.9. The maximum atomic E-state index is 11.9. The van der Waals surface area contributed by atoms with Gasteiger partial charge < -0.3 is 0 Å². The molecule has 0 radical (unpaired) electrons. The van der Waals surface area contributed by atoms with Crippen LogP contribution in [0.3, 0.4) is 0 Å². The van der Waals surface area contributed by atoms with Crippen LogP contribution in [0.2, 0.25) is 5.02 Å². The van der Waals surface area contributed by atoms with Gasteiger partial charge in [-0.2, -0.15) is 0 Å². The van der Waals surface area contributed by atoms with Crippen LogP contribution in [0.15, 0.2) is 54.6 Å². The van der Waals surface area contributed by atoms with Gasteiger partial charge in [-0.25, -0.2) is 0 Å². The van der Waals surface area contributed by atoms with Gasteiger partial charge in [-0.05, 0) is 0 Å². The summed E-state index contributed by atoms with van der Waals surface area (Å²) in [6.07, 6.45) is 1.60. The van der Waals surface area contributed by atoms with Gasteiger partial charge in [0.15, 0.2) is 0 Å². The summed E-state index contributed by atoms with van der Waals surface area (Å²) in [5.74, 6) is 0.514. The van der Waals surface area contributed by atoms with E-state index in [0.717, 1.165) is 14.9 Å². The average molecular weight is 444 g/mol. The molecule has 0 atom stereocenters. The summed E-state index contributed by atoms with van der Waals surface area (Å²) in [7, 11) is 1.64. The van der Waals surface area contributed by atoms with Crippen molar-refractivity contribution in [3.05, 3.63) is 65.2 Å². The van der Waals surface area contributed by atoms with Crippen molar-refractivity contribution < 1.29 is 14.3 Å². The molecular formula is C18H17ClO3Te. The Hall–Kier alpha value is -1.47. The molecule has 0 aliphatic rings. The molecule has 0 amide bonds. The van der Waals surface area contributed by atoms with E-state index in [2.05, 4.69) is 0 Å². The van der Waals surface area contributed by atoms with E-state index in [-0.39, 0.29) is 5.97 Å². The molecule has 0 aromatic heterocycles. The van der Waals surface area contributed by atoms with Crippen molar-refractivity contribution in [3.63, 3.8) is 0 Å². The van der Waals surface area contributed by atoms with Gasteiger partial charge in [0.25, 0.3) is 0 Å². The number of carbonyl (C=O) groups is 1. The fourth-order valence-electron chi connectivity index (χ4n) is 1.85. The van der Waals surface area contributed by atoms with Crippen LogP contribution >= 0.6 is 11.6 Å². The molecule has 0 bridgehead atoms. The van der Waals surface area contributed by atoms with Crippen LogP contribution in [-0.2, 0) is 9.53 Å². The summed E-state index contributed by atoms with van der Waals surface area (Å²) >= 11 is 5.21. The first-order valence-electron chi connectivity index (χ1n) is 7.08. The van der Waals surface area contributed by atoms with Crippen LogP contribution in [0.1, 0.15) is 12.5 Å². The summed E-state index contributed by atoms with van der Waals surface area (Å²) < 4.78 is 12.5. The zero-order chi connectivity index (χ0) is 16.7. The van der Waals surface area contributed by atoms with E-state index < -0.39 is 20.9 Å². The van der Waals surface area contributed by atoms with E-state index in [1.54, 1.807) is 20.1 Å². The summed E-state index contributed by atoms with van der Waals surface area (Å²) in [6, 6.07) is 15.5. The molecule has 0 saturated carbocycles. The molecule has 23 heavy (non-hydrogen) atoms. The van der Waals surface area contributed by atoms with Crippen molar-refractivity contribution in [2.24, 2.45) is 0 Å². The number of ether oxygens (including phenoxy) is 2. The fourth-order valence-corrected chi connectivity index (χ4v) is 4.64. The van der Waals surface area contributed by atoms with Crippen LogP contribution < -0.4 is 8.35 Å². The Bertz CT molecular complexity index is 678. The Labute approximate surface area is 151 Å². The normalized spacial score (nSPS) is 11.2. The Balaban J connectivity index is 2.28. The summed E-state index contributed by atoms with van der Waals surface area (Å²) in [5, 5.41) is 0.675. The second kappa shape index (κ2) is 8.98. The quantitative estimate of drug-likeness (QED) is 0.390. The van der Waals surface area contributed by atoms with E-state index in [4.69, 9.17) is 21.1 Å². The first kappa shape index (κ1) is 17.9. The van der Waals surface area contributed by atoms with E-state index in [0.29, 0.717) is 11.6 Å². The number of hydrogen-bond acceptors (Lipinski definition) is 3. The Morgan fingerprint density at radius 3 is 2.35 bits per heavy atom. The van der Waals surface area contributed by atoms with Crippen LogP contribution in [0, 0.1) is 0 Å². The second-order valence-electron chi connectivity index (χ2n) is 4.55. The number of benzene rings is 2. The van der Waals surface area contributed by atoms with E-state index in [1.807, 2.05) is 48.5 Å². The number of methoxy groups -OCH3 is 1. The van der Waals surface area contributed by atoms with Crippen LogP contribution in [-0.4, -0.2) is 40.6 Å².